The van der Waals surface area contributed by atoms with Crippen LogP contribution in [0.25, 0.3) is 0 Å². The van der Waals surface area contributed by atoms with Gasteiger partial charge in [0.05, 0.1) is 5.75 Å². The van der Waals surface area contributed by atoms with Gasteiger partial charge >= 0.3 is 0 Å². The van der Waals surface area contributed by atoms with Crippen LogP contribution in [0.1, 0.15) is 18.4 Å². The van der Waals surface area contributed by atoms with E-state index in [-0.39, 0.29) is 11.8 Å². The van der Waals surface area contributed by atoms with Crippen molar-refractivity contribution in [2.24, 2.45) is 0 Å². The van der Waals surface area contributed by atoms with Crippen molar-refractivity contribution in [3.8, 4) is 0 Å². The second-order valence-electron chi connectivity index (χ2n) is 5.84. The molecule has 0 bridgehead atoms. The first-order chi connectivity index (χ1) is 12.1. The van der Waals surface area contributed by atoms with Gasteiger partial charge in [-0.1, -0.05) is 28.1 Å². The highest BCUT2D eigenvalue weighted by molar-refractivity contribution is 9.10. The zero-order valence-corrected chi connectivity index (χ0v) is 16.1. The summed E-state index contributed by atoms with van der Waals surface area (Å²) in [6.45, 7) is 1.24. The summed E-state index contributed by atoms with van der Waals surface area (Å²) in [6, 6.07) is 15.7. The number of amides is 2. The summed E-state index contributed by atoms with van der Waals surface area (Å²) in [5, 5.41) is 2.94. The highest BCUT2D eigenvalue weighted by Gasteiger charge is 2.21. The Morgan fingerprint density at radius 1 is 1.20 bits per heavy atom. The summed E-state index contributed by atoms with van der Waals surface area (Å²) in [6.07, 6.45) is 1.53. The third-order valence-electron chi connectivity index (χ3n) is 3.97. The Morgan fingerprint density at radius 3 is 2.72 bits per heavy atom. The van der Waals surface area contributed by atoms with Gasteiger partial charge < -0.3 is 10.2 Å². The van der Waals surface area contributed by atoms with Crippen LogP contribution in [0.15, 0.2) is 57.9 Å². The molecule has 25 heavy (non-hydrogen) atoms. The van der Waals surface area contributed by atoms with Crippen molar-refractivity contribution in [1.29, 1.82) is 0 Å². The Hall–Kier alpha value is -1.79. The Kier molecular flexibility index (Phi) is 6.15. The van der Waals surface area contributed by atoms with Crippen molar-refractivity contribution in [1.82, 2.24) is 5.32 Å². The molecule has 1 saturated heterocycles. The number of carbonyl (C=O) groups is 2. The summed E-state index contributed by atoms with van der Waals surface area (Å²) >= 11 is 4.91. The molecule has 2 aromatic carbocycles. The molecule has 0 aromatic heterocycles. The number of nitrogens with one attached hydrogen (secondary N) is 1. The van der Waals surface area contributed by atoms with Crippen molar-refractivity contribution < 1.29 is 9.59 Å². The summed E-state index contributed by atoms with van der Waals surface area (Å²) in [4.78, 5) is 26.8. The number of hydrogen-bond acceptors (Lipinski definition) is 3. The third-order valence-corrected chi connectivity index (χ3v) is 5.51. The second-order valence-corrected chi connectivity index (χ2v) is 7.80. The molecule has 3 rings (SSSR count). The number of benzene rings is 2. The largest absolute Gasteiger partial charge is 0.351 e. The summed E-state index contributed by atoms with van der Waals surface area (Å²) in [7, 11) is 0. The Balaban J connectivity index is 1.50. The van der Waals surface area contributed by atoms with E-state index in [9.17, 15) is 9.59 Å². The lowest BCUT2D eigenvalue weighted by Gasteiger charge is -2.16. The Morgan fingerprint density at radius 2 is 2.00 bits per heavy atom. The zero-order chi connectivity index (χ0) is 17.6. The minimum absolute atomic E-state index is 0.00410. The van der Waals surface area contributed by atoms with Crippen LogP contribution in [-0.2, 0) is 16.1 Å². The summed E-state index contributed by atoms with van der Waals surface area (Å²) < 4.78 is 1.03. The molecule has 1 N–H and O–H groups in total. The molecule has 0 unspecified atom stereocenters. The molecule has 1 aliphatic rings. The number of thioether (sulfide) groups is 1. The monoisotopic (exact) mass is 418 g/mol. The van der Waals surface area contributed by atoms with Crippen LogP contribution < -0.4 is 10.2 Å². The van der Waals surface area contributed by atoms with Gasteiger partial charge in [0, 0.05) is 34.6 Å². The molecule has 2 aromatic rings. The standard InChI is InChI=1S/C19H19BrN2O2S/c20-15-6-8-17(9-7-15)25-13-18(23)21-12-14-3-1-4-16(11-14)22-10-2-5-19(22)24/h1,3-4,6-9,11H,2,5,10,12-13H2,(H,21,23). The average Bonchev–Trinajstić information content (AvgIpc) is 3.06. The van der Waals surface area contributed by atoms with Gasteiger partial charge in [0.1, 0.15) is 0 Å². The second kappa shape index (κ2) is 8.54. The summed E-state index contributed by atoms with van der Waals surface area (Å²) in [5.41, 5.74) is 1.91. The molecule has 0 spiro atoms. The van der Waals surface area contributed by atoms with E-state index in [1.807, 2.05) is 53.4 Å². The van der Waals surface area contributed by atoms with E-state index in [1.54, 1.807) is 0 Å². The fourth-order valence-corrected chi connectivity index (χ4v) is 3.68. The topological polar surface area (TPSA) is 49.4 Å². The van der Waals surface area contributed by atoms with Crippen LogP contribution >= 0.6 is 27.7 Å². The zero-order valence-electron chi connectivity index (χ0n) is 13.7. The van der Waals surface area contributed by atoms with E-state index >= 15 is 0 Å². The Labute approximate surface area is 160 Å². The maximum Gasteiger partial charge on any atom is 0.230 e. The van der Waals surface area contributed by atoms with E-state index in [4.69, 9.17) is 0 Å². The van der Waals surface area contributed by atoms with Crippen LogP contribution in [0.5, 0.6) is 0 Å². The minimum Gasteiger partial charge on any atom is -0.351 e. The lowest BCUT2D eigenvalue weighted by Crippen LogP contribution is -2.26. The highest BCUT2D eigenvalue weighted by Crippen LogP contribution is 2.22. The van der Waals surface area contributed by atoms with E-state index < -0.39 is 0 Å². The Bertz CT molecular complexity index is 764. The molecule has 1 fully saturated rings. The number of nitrogens with zero attached hydrogens (tertiary/aromatic N) is 1. The first kappa shape index (κ1) is 18.0. The first-order valence-corrected chi connectivity index (χ1v) is 9.94. The molecule has 130 valence electrons. The molecule has 1 aliphatic heterocycles. The summed E-state index contributed by atoms with van der Waals surface area (Å²) in [5.74, 6) is 0.550. The van der Waals surface area contributed by atoms with Crippen LogP contribution in [0.2, 0.25) is 0 Å². The van der Waals surface area contributed by atoms with Crippen LogP contribution in [-0.4, -0.2) is 24.1 Å². The fourth-order valence-electron chi connectivity index (χ4n) is 2.69. The number of halogens is 1. The van der Waals surface area contributed by atoms with Crippen LogP contribution in [0, 0.1) is 0 Å². The lowest BCUT2D eigenvalue weighted by molar-refractivity contribution is -0.119. The number of rotatable bonds is 6. The van der Waals surface area contributed by atoms with Gasteiger partial charge in [-0.05, 0) is 48.4 Å². The fraction of sp³-hybridized carbons (Fsp3) is 0.263. The average molecular weight is 419 g/mol. The van der Waals surface area contributed by atoms with Crippen LogP contribution in [0.4, 0.5) is 5.69 Å². The van der Waals surface area contributed by atoms with Crippen molar-refractivity contribution in [3.05, 3.63) is 58.6 Å². The predicted octanol–water partition coefficient (Wildman–Crippen LogP) is 3.98. The quantitative estimate of drug-likeness (QED) is 0.721. The molecule has 2 amide bonds. The number of carbonyl (C=O) groups excluding carboxylic acids is 2. The van der Waals surface area contributed by atoms with Crippen molar-refractivity contribution in [2.45, 2.75) is 24.3 Å². The van der Waals surface area contributed by atoms with Gasteiger partial charge in [-0.15, -0.1) is 11.8 Å². The SMILES string of the molecule is O=C(CSc1ccc(Br)cc1)NCc1cccc(N2CCCC2=O)c1. The van der Waals surface area contributed by atoms with Crippen LogP contribution in [0.3, 0.4) is 0 Å². The number of hydrogen-bond donors (Lipinski definition) is 1. The van der Waals surface area contributed by atoms with Crippen molar-refractivity contribution in [3.63, 3.8) is 0 Å². The first-order valence-electron chi connectivity index (χ1n) is 8.16. The maximum absolute atomic E-state index is 12.0. The predicted molar refractivity (Wildman–Crippen MR) is 105 cm³/mol. The lowest BCUT2D eigenvalue weighted by atomic mass is 10.2. The van der Waals surface area contributed by atoms with E-state index in [1.165, 1.54) is 11.8 Å². The maximum atomic E-state index is 12.0. The third kappa shape index (κ3) is 5.09. The normalized spacial score (nSPS) is 14.0. The van der Waals surface area contributed by atoms with Gasteiger partial charge in [-0.25, -0.2) is 0 Å². The highest BCUT2D eigenvalue weighted by atomic mass is 79.9. The molecule has 0 aliphatic carbocycles. The van der Waals surface area contributed by atoms with Gasteiger partial charge in [0.25, 0.3) is 0 Å². The molecule has 4 nitrogen and oxygen atoms in total. The van der Waals surface area contributed by atoms with Gasteiger partial charge in [-0.3, -0.25) is 9.59 Å². The van der Waals surface area contributed by atoms with Gasteiger partial charge in [-0.2, -0.15) is 0 Å². The van der Waals surface area contributed by atoms with Gasteiger partial charge in [0.2, 0.25) is 11.8 Å². The van der Waals surface area contributed by atoms with E-state index in [2.05, 4.69) is 21.2 Å². The van der Waals surface area contributed by atoms with Crippen molar-refractivity contribution in [2.75, 3.05) is 17.2 Å². The molecule has 0 saturated carbocycles. The molecular formula is C19H19BrN2O2S. The molecule has 0 atom stereocenters. The molecular weight excluding hydrogens is 400 g/mol. The molecule has 0 radical (unpaired) electrons. The minimum atomic E-state index is -0.00410. The van der Waals surface area contributed by atoms with Crippen molar-refractivity contribution >= 4 is 45.2 Å². The van der Waals surface area contributed by atoms with E-state index in [0.717, 1.165) is 33.6 Å². The smallest absolute Gasteiger partial charge is 0.230 e. The molecule has 6 heteroatoms. The van der Waals surface area contributed by atoms with Gasteiger partial charge in [0.15, 0.2) is 0 Å². The number of anilines is 1. The van der Waals surface area contributed by atoms with E-state index in [0.29, 0.717) is 18.7 Å². The molecule has 1 heterocycles.